The first-order valence-electron chi connectivity index (χ1n) is 9.94. The second-order valence-corrected chi connectivity index (χ2v) is 8.27. The van der Waals surface area contributed by atoms with Gasteiger partial charge in [0.1, 0.15) is 5.75 Å². The number of carbonyl (C=O) groups is 2. The van der Waals surface area contributed by atoms with Crippen molar-refractivity contribution in [1.29, 1.82) is 0 Å². The minimum atomic E-state index is -0.358. The lowest BCUT2D eigenvalue weighted by Gasteiger charge is -2.19. The van der Waals surface area contributed by atoms with E-state index < -0.39 is 0 Å². The Morgan fingerprint density at radius 3 is 2.06 bits per heavy atom. The number of hydrogen-bond acceptors (Lipinski definition) is 4. The van der Waals surface area contributed by atoms with Gasteiger partial charge in [-0.3, -0.25) is 9.59 Å². The lowest BCUT2D eigenvalue weighted by Crippen LogP contribution is -2.19. The maximum atomic E-state index is 12.8. The number of benzene rings is 3. The molecule has 0 unspecified atom stereocenters. The van der Waals surface area contributed by atoms with Gasteiger partial charge in [0, 0.05) is 16.9 Å². The topological polar surface area (TPSA) is 93.4 Å². The fraction of sp³-hybridized carbons (Fsp3) is 0.200. The molecule has 3 rings (SSSR count). The van der Waals surface area contributed by atoms with Gasteiger partial charge in [-0.1, -0.05) is 32.9 Å². The minimum Gasteiger partial charge on any atom is -0.497 e. The Morgan fingerprint density at radius 1 is 0.839 bits per heavy atom. The predicted octanol–water partition coefficient (Wildman–Crippen LogP) is 5.08. The molecule has 4 N–H and O–H groups in total. The average Bonchev–Trinajstić information content (AvgIpc) is 2.73. The molecule has 6 nitrogen and oxygen atoms in total. The zero-order valence-electron chi connectivity index (χ0n) is 18.2. The zero-order chi connectivity index (χ0) is 22.6. The molecule has 0 aliphatic carbocycles. The van der Waals surface area contributed by atoms with E-state index in [4.69, 9.17) is 10.5 Å². The lowest BCUT2D eigenvalue weighted by atomic mass is 9.86. The molecule has 0 spiro atoms. The highest BCUT2D eigenvalue weighted by atomic mass is 16.5. The molecule has 0 saturated heterocycles. The molecule has 2 amide bonds. The molecule has 0 radical (unpaired) electrons. The second kappa shape index (κ2) is 8.92. The van der Waals surface area contributed by atoms with Gasteiger partial charge in [0.05, 0.1) is 18.4 Å². The molecule has 0 aliphatic heterocycles. The van der Waals surface area contributed by atoms with Crippen LogP contribution in [0.4, 0.5) is 17.1 Å². The van der Waals surface area contributed by atoms with E-state index in [0.29, 0.717) is 33.9 Å². The van der Waals surface area contributed by atoms with Crippen LogP contribution in [-0.2, 0) is 5.41 Å². The molecule has 0 bridgehead atoms. The van der Waals surface area contributed by atoms with Crippen molar-refractivity contribution < 1.29 is 14.3 Å². The van der Waals surface area contributed by atoms with E-state index >= 15 is 0 Å². The molecule has 0 heterocycles. The van der Waals surface area contributed by atoms with Crippen LogP contribution in [-0.4, -0.2) is 18.9 Å². The fourth-order valence-electron chi connectivity index (χ4n) is 3.05. The van der Waals surface area contributed by atoms with Gasteiger partial charge in [0.15, 0.2) is 0 Å². The minimum absolute atomic E-state index is 0.00436. The summed E-state index contributed by atoms with van der Waals surface area (Å²) in [5.41, 5.74) is 9.23. The summed E-state index contributed by atoms with van der Waals surface area (Å²) in [4.78, 5) is 25.6. The van der Waals surface area contributed by atoms with E-state index in [0.717, 1.165) is 5.56 Å². The normalized spacial score (nSPS) is 11.0. The molecule has 31 heavy (non-hydrogen) atoms. The molecule has 6 heteroatoms. The van der Waals surface area contributed by atoms with Crippen molar-refractivity contribution in [3.63, 3.8) is 0 Å². The van der Waals surface area contributed by atoms with Gasteiger partial charge in [-0.2, -0.15) is 0 Å². The summed E-state index contributed by atoms with van der Waals surface area (Å²) in [5.74, 6) is 0.0176. The monoisotopic (exact) mass is 417 g/mol. The maximum absolute atomic E-state index is 12.8. The molecule has 3 aromatic carbocycles. The quantitative estimate of drug-likeness (QED) is 0.505. The smallest absolute Gasteiger partial charge is 0.257 e. The number of anilines is 3. The van der Waals surface area contributed by atoms with Gasteiger partial charge < -0.3 is 21.1 Å². The number of ether oxygens (including phenoxy) is 1. The van der Waals surface area contributed by atoms with E-state index in [1.165, 1.54) is 0 Å². The van der Waals surface area contributed by atoms with Gasteiger partial charge in [0.25, 0.3) is 11.8 Å². The maximum Gasteiger partial charge on any atom is 0.257 e. The van der Waals surface area contributed by atoms with Gasteiger partial charge in [-0.05, 0) is 65.6 Å². The molecule has 0 aromatic heterocycles. The molecule has 0 atom stereocenters. The van der Waals surface area contributed by atoms with Crippen LogP contribution in [0.25, 0.3) is 0 Å². The first kappa shape index (κ1) is 21.9. The predicted molar refractivity (Wildman–Crippen MR) is 125 cm³/mol. The van der Waals surface area contributed by atoms with Crippen LogP contribution < -0.4 is 21.1 Å². The van der Waals surface area contributed by atoms with Gasteiger partial charge in [-0.25, -0.2) is 0 Å². The third kappa shape index (κ3) is 5.42. The Hall–Kier alpha value is -3.80. The van der Waals surface area contributed by atoms with Crippen LogP contribution in [0.3, 0.4) is 0 Å². The van der Waals surface area contributed by atoms with Crippen LogP contribution in [0.2, 0.25) is 0 Å². The number of hydrogen-bond donors (Lipinski definition) is 3. The number of nitrogen functional groups attached to an aromatic ring is 1. The molecule has 0 aliphatic rings. The second-order valence-electron chi connectivity index (χ2n) is 8.27. The largest absolute Gasteiger partial charge is 0.497 e. The van der Waals surface area contributed by atoms with Crippen LogP contribution in [0, 0.1) is 0 Å². The molecular formula is C25H27N3O3. The van der Waals surface area contributed by atoms with E-state index in [-0.39, 0.29) is 17.2 Å². The molecular weight excluding hydrogens is 390 g/mol. The highest BCUT2D eigenvalue weighted by Crippen LogP contribution is 2.25. The summed E-state index contributed by atoms with van der Waals surface area (Å²) in [6.07, 6.45) is 0. The van der Waals surface area contributed by atoms with E-state index in [1.54, 1.807) is 61.7 Å². The lowest BCUT2D eigenvalue weighted by molar-refractivity contribution is 0.102. The Bertz CT molecular complexity index is 1080. The standard InChI is InChI=1S/C25H27N3O3/c1-25(2,3)17-7-5-16(6-8-17)23(29)28-22-15-18(26)9-14-21(22)24(30)27-19-10-12-20(31-4)13-11-19/h5-15H,26H2,1-4H3,(H,27,30)(H,28,29). The van der Waals surface area contributed by atoms with Crippen molar-refractivity contribution in [3.8, 4) is 5.75 Å². The molecule has 0 fully saturated rings. The summed E-state index contributed by atoms with van der Waals surface area (Å²) in [7, 11) is 1.58. The van der Waals surface area contributed by atoms with Crippen LogP contribution in [0.5, 0.6) is 5.75 Å². The van der Waals surface area contributed by atoms with E-state index in [2.05, 4.69) is 31.4 Å². The van der Waals surface area contributed by atoms with E-state index in [9.17, 15) is 9.59 Å². The third-order valence-electron chi connectivity index (χ3n) is 4.90. The van der Waals surface area contributed by atoms with Crippen molar-refractivity contribution in [3.05, 3.63) is 83.4 Å². The van der Waals surface area contributed by atoms with Crippen LogP contribution >= 0.6 is 0 Å². The number of nitrogens with one attached hydrogen (secondary N) is 2. The highest BCUT2D eigenvalue weighted by Gasteiger charge is 2.17. The van der Waals surface area contributed by atoms with E-state index in [1.807, 2.05) is 12.1 Å². The Kier molecular flexibility index (Phi) is 6.30. The summed E-state index contributed by atoms with van der Waals surface area (Å²) in [5, 5.41) is 5.63. The third-order valence-corrected chi connectivity index (χ3v) is 4.90. The summed E-state index contributed by atoms with van der Waals surface area (Å²) in [6, 6.07) is 19.2. The summed E-state index contributed by atoms with van der Waals surface area (Å²) < 4.78 is 5.13. The van der Waals surface area contributed by atoms with Crippen molar-refractivity contribution in [2.24, 2.45) is 0 Å². The number of nitrogens with two attached hydrogens (primary N) is 1. The van der Waals surface area contributed by atoms with Crippen molar-refractivity contribution >= 4 is 28.9 Å². The van der Waals surface area contributed by atoms with Crippen molar-refractivity contribution in [1.82, 2.24) is 0 Å². The first-order chi connectivity index (χ1) is 14.7. The fourth-order valence-corrected chi connectivity index (χ4v) is 3.05. The number of methoxy groups -OCH3 is 1. The summed E-state index contributed by atoms with van der Waals surface area (Å²) in [6.45, 7) is 6.34. The van der Waals surface area contributed by atoms with Crippen LogP contribution in [0.1, 0.15) is 47.1 Å². The van der Waals surface area contributed by atoms with Crippen molar-refractivity contribution in [2.75, 3.05) is 23.5 Å². The Labute approximate surface area is 182 Å². The molecule has 3 aromatic rings. The highest BCUT2D eigenvalue weighted by molar-refractivity contribution is 6.12. The van der Waals surface area contributed by atoms with Crippen molar-refractivity contribution in [2.45, 2.75) is 26.2 Å². The average molecular weight is 418 g/mol. The Balaban J connectivity index is 1.80. The van der Waals surface area contributed by atoms with Gasteiger partial charge in [0.2, 0.25) is 0 Å². The zero-order valence-corrected chi connectivity index (χ0v) is 18.2. The number of carbonyl (C=O) groups excluding carboxylic acids is 2. The van der Waals surface area contributed by atoms with Crippen LogP contribution in [0.15, 0.2) is 66.7 Å². The summed E-state index contributed by atoms with van der Waals surface area (Å²) >= 11 is 0. The molecule has 0 saturated carbocycles. The first-order valence-corrected chi connectivity index (χ1v) is 9.94. The number of rotatable bonds is 5. The van der Waals surface area contributed by atoms with Gasteiger partial charge >= 0.3 is 0 Å². The van der Waals surface area contributed by atoms with Gasteiger partial charge in [-0.15, -0.1) is 0 Å². The Morgan fingerprint density at radius 2 is 1.48 bits per heavy atom. The molecule has 160 valence electrons. The number of amides is 2. The SMILES string of the molecule is COc1ccc(NC(=O)c2ccc(N)cc2NC(=O)c2ccc(C(C)(C)C)cc2)cc1.